The Hall–Kier alpha value is -2.77. The van der Waals surface area contributed by atoms with Gasteiger partial charge in [-0.1, -0.05) is 40.7 Å². The van der Waals surface area contributed by atoms with Crippen molar-refractivity contribution in [2.75, 3.05) is 5.32 Å². The fourth-order valence-corrected chi connectivity index (χ4v) is 4.17. The van der Waals surface area contributed by atoms with Gasteiger partial charge in [0.2, 0.25) is 6.10 Å². The maximum atomic E-state index is 12.8. The number of benzene rings is 2. The molecule has 2 aromatic carbocycles. The van der Waals surface area contributed by atoms with E-state index in [2.05, 4.69) is 15.6 Å². The van der Waals surface area contributed by atoms with Crippen molar-refractivity contribution in [3.05, 3.63) is 71.0 Å². The summed E-state index contributed by atoms with van der Waals surface area (Å²) in [6.45, 7) is 4.74. The number of aryl methyl sites for hydroxylation is 2. The number of rotatable bonds is 6. The van der Waals surface area contributed by atoms with E-state index < -0.39 is 6.10 Å². The van der Waals surface area contributed by atoms with Gasteiger partial charge in [-0.15, -0.1) is 0 Å². The molecule has 0 bridgehead atoms. The van der Waals surface area contributed by atoms with Crippen LogP contribution in [0.25, 0.3) is 0 Å². The van der Waals surface area contributed by atoms with E-state index in [1.807, 2.05) is 73.3 Å². The first-order valence-electron chi connectivity index (χ1n) is 9.64. The highest BCUT2D eigenvalue weighted by molar-refractivity contribution is 7.99. The molecule has 0 aliphatic carbocycles. The molecule has 3 aromatic rings. The number of anilines is 1. The van der Waals surface area contributed by atoms with Crippen LogP contribution < -0.4 is 5.32 Å². The van der Waals surface area contributed by atoms with Gasteiger partial charge in [-0.25, -0.2) is 0 Å². The smallest absolute Gasteiger partial charge is 0.268 e. The lowest BCUT2D eigenvalue weighted by atomic mass is 10.1. The Labute approximate surface area is 184 Å². The van der Waals surface area contributed by atoms with Crippen molar-refractivity contribution in [3.8, 4) is 0 Å². The molecular weight excluding hydrogens is 420 g/mol. The Kier molecular flexibility index (Phi) is 6.11. The third-order valence-corrected chi connectivity index (χ3v) is 6.06. The number of carbonyl (C=O) groups excluding carboxylic acids is 1. The Morgan fingerprint density at radius 3 is 2.77 bits per heavy atom. The van der Waals surface area contributed by atoms with Gasteiger partial charge in [0.1, 0.15) is 0 Å². The molecule has 1 aromatic heterocycles. The maximum Gasteiger partial charge on any atom is 0.268 e. The number of halogens is 1. The monoisotopic (exact) mass is 440 g/mol. The zero-order valence-electron chi connectivity index (χ0n) is 16.6. The highest BCUT2D eigenvalue weighted by atomic mass is 35.5. The number of hydrogen-bond donors (Lipinski definition) is 1. The molecule has 154 valence electrons. The Morgan fingerprint density at radius 2 is 2.03 bits per heavy atom. The van der Waals surface area contributed by atoms with Gasteiger partial charge in [0.25, 0.3) is 5.91 Å². The van der Waals surface area contributed by atoms with Crippen LogP contribution in [0, 0.1) is 6.92 Å². The van der Waals surface area contributed by atoms with Gasteiger partial charge in [0.05, 0.1) is 17.1 Å². The first kappa shape index (κ1) is 20.5. The second-order valence-electron chi connectivity index (χ2n) is 6.86. The number of para-hydroxylation sites is 1. The zero-order valence-corrected chi connectivity index (χ0v) is 18.2. The molecule has 1 aliphatic heterocycles. The van der Waals surface area contributed by atoms with Crippen LogP contribution in [-0.2, 0) is 16.2 Å². The fourth-order valence-electron chi connectivity index (χ4n) is 3.14. The number of oxime groups is 1. The first-order valence-corrected chi connectivity index (χ1v) is 10.8. The van der Waals surface area contributed by atoms with Crippen LogP contribution in [0.2, 0.25) is 5.02 Å². The molecule has 0 fully saturated rings. The van der Waals surface area contributed by atoms with E-state index in [-0.39, 0.29) is 5.91 Å². The van der Waals surface area contributed by atoms with Crippen molar-refractivity contribution in [2.24, 2.45) is 5.16 Å². The summed E-state index contributed by atoms with van der Waals surface area (Å²) in [5.41, 5.74) is 3.28. The molecule has 1 N–H and O–H groups in total. The third-order valence-electron chi connectivity index (χ3n) is 4.73. The average molecular weight is 441 g/mol. The van der Waals surface area contributed by atoms with Crippen molar-refractivity contribution in [1.82, 2.24) is 9.78 Å². The molecule has 6 nitrogen and oxygen atoms in total. The van der Waals surface area contributed by atoms with Crippen molar-refractivity contribution < 1.29 is 9.63 Å². The van der Waals surface area contributed by atoms with Gasteiger partial charge >= 0.3 is 0 Å². The number of nitrogens with zero attached hydrogens (tertiary/aromatic N) is 3. The maximum absolute atomic E-state index is 12.8. The molecule has 1 aliphatic rings. The van der Waals surface area contributed by atoms with Crippen LogP contribution in [0.3, 0.4) is 0 Å². The predicted octanol–water partition coefficient (Wildman–Crippen LogP) is 5.15. The zero-order chi connectivity index (χ0) is 21.1. The second kappa shape index (κ2) is 8.93. The van der Waals surface area contributed by atoms with E-state index in [0.717, 1.165) is 39.0 Å². The first-order chi connectivity index (χ1) is 14.5. The van der Waals surface area contributed by atoms with Gasteiger partial charge in [0.15, 0.2) is 0 Å². The van der Waals surface area contributed by atoms with Gasteiger partial charge in [-0.05, 0) is 50.2 Å². The highest BCUT2D eigenvalue weighted by Gasteiger charge is 2.30. The Morgan fingerprint density at radius 1 is 1.27 bits per heavy atom. The molecule has 1 unspecified atom stereocenters. The lowest BCUT2D eigenvalue weighted by Gasteiger charge is -2.13. The summed E-state index contributed by atoms with van der Waals surface area (Å²) in [7, 11) is 0. The molecule has 4 rings (SSSR count). The van der Waals surface area contributed by atoms with E-state index in [1.54, 1.807) is 11.8 Å². The average Bonchev–Trinajstić information content (AvgIpc) is 3.37. The van der Waals surface area contributed by atoms with Gasteiger partial charge in [-0.2, -0.15) is 5.10 Å². The van der Waals surface area contributed by atoms with Gasteiger partial charge < -0.3 is 10.2 Å². The summed E-state index contributed by atoms with van der Waals surface area (Å²) in [5, 5.41) is 12.3. The number of carbonyl (C=O) groups is 1. The lowest BCUT2D eigenvalue weighted by molar-refractivity contribution is -0.125. The van der Waals surface area contributed by atoms with Crippen LogP contribution in [-0.4, -0.2) is 27.5 Å². The van der Waals surface area contributed by atoms with Crippen LogP contribution in [0.15, 0.2) is 69.7 Å². The van der Waals surface area contributed by atoms with E-state index >= 15 is 0 Å². The largest absolute Gasteiger partial charge is 0.382 e. The summed E-state index contributed by atoms with van der Waals surface area (Å²) >= 11 is 7.52. The molecule has 0 saturated carbocycles. The summed E-state index contributed by atoms with van der Waals surface area (Å²) in [4.78, 5) is 20.2. The second-order valence-corrected chi connectivity index (χ2v) is 8.41. The van der Waals surface area contributed by atoms with E-state index in [1.165, 1.54) is 0 Å². The summed E-state index contributed by atoms with van der Waals surface area (Å²) in [5.74, 6) is -0.224. The third kappa shape index (κ3) is 4.52. The summed E-state index contributed by atoms with van der Waals surface area (Å²) < 4.78 is 1.85. The quantitative estimate of drug-likeness (QED) is 0.575. The summed E-state index contributed by atoms with van der Waals surface area (Å²) in [6.07, 6.45) is 1.68. The molecule has 2 heterocycles. The minimum absolute atomic E-state index is 0.224. The number of hydrogen-bond acceptors (Lipinski definition) is 5. The molecule has 8 heteroatoms. The molecule has 0 saturated heterocycles. The molecule has 1 atom stereocenters. The predicted molar refractivity (Wildman–Crippen MR) is 119 cm³/mol. The molecule has 1 amide bonds. The van der Waals surface area contributed by atoms with Crippen molar-refractivity contribution in [2.45, 2.75) is 42.7 Å². The Balaban J connectivity index is 1.43. The van der Waals surface area contributed by atoms with E-state index in [0.29, 0.717) is 11.4 Å². The topological polar surface area (TPSA) is 68.5 Å². The molecule has 0 spiro atoms. The van der Waals surface area contributed by atoms with Crippen molar-refractivity contribution in [3.63, 3.8) is 0 Å². The van der Waals surface area contributed by atoms with Crippen LogP contribution in [0.4, 0.5) is 5.69 Å². The van der Waals surface area contributed by atoms with Crippen LogP contribution in [0.1, 0.15) is 24.6 Å². The Bertz CT molecular complexity index is 1090. The standard InChI is InChI=1S/C22H21ClN4O2S/c1-3-27-13-17(14(2)25-27)19-12-20(29-26-19)22(28)24-18-6-4-5-7-21(18)30-16-10-8-15(23)9-11-16/h4-11,13,20H,3,12H2,1-2H3,(H,24,28). The van der Waals surface area contributed by atoms with E-state index in [9.17, 15) is 4.79 Å². The van der Waals surface area contributed by atoms with Crippen molar-refractivity contribution in [1.29, 1.82) is 0 Å². The molecule has 0 radical (unpaired) electrons. The number of nitrogens with one attached hydrogen (secondary N) is 1. The van der Waals surface area contributed by atoms with Gasteiger partial charge in [0, 0.05) is 39.5 Å². The minimum Gasteiger partial charge on any atom is -0.382 e. The summed E-state index contributed by atoms with van der Waals surface area (Å²) in [6, 6.07) is 15.3. The van der Waals surface area contributed by atoms with Crippen LogP contribution >= 0.6 is 23.4 Å². The lowest BCUT2D eigenvalue weighted by Crippen LogP contribution is -2.28. The normalized spacial score (nSPS) is 15.6. The SMILES string of the molecule is CCn1cc(C2=NOC(C(=O)Nc3ccccc3Sc3ccc(Cl)cc3)C2)c(C)n1. The van der Waals surface area contributed by atoms with Crippen molar-refractivity contribution >= 4 is 40.7 Å². The van der Waals surface area contributed by atoms with Gasteiger partial charge in [-0.3, -0.25) is 9.48 Å². The minimum atomic E-state index is -0.669. The van der Waals surface area contributed by atoms with Crippen LogP contribution in [0.5, 0.6) is 0 Å². The fraction of sp³-hybridized carbons (Fsp3) is 0.227. The number of amides is 1. The highest BCUT2D eigenvalue weighted by Crippen LogP contribution is 2.34. The number of aromatic nitrogens is 2. The molecular formula is C22H21ClN4O2S. The molecule has 30 heavy (non-hydrogen) atoms. The van der Waals surface area contributed by atoms with E-state index in [4.69, 9.17) is 16.4 Å².